The number of thioether (sulfide) groups is 1. The molecule has 9 heteroatoms. The number of methoxy groups -OCH3 is 1. The molecule has 0 saturated heterocycles. The molecule has 1 N–H and O–H groups in total. The Morgan fingerprint density at radius 1 is 1.22 bits per heavy atom. The van der Waals surface area contributed by atoms with Crippen LogP contribution in [0, 0.1) is 0 Å². The normalized spacial score (nSPS) is 12.1. The number of hydrogen-bond acceptors (Lipinski definition) is 8. The third-order valence-corrected chi connectivity index (χ3v) is 6.89. The van der Waals surface area contributed by atoms with E-state index in [0.717, 1.165) is 16.4 Å². The van der Waals surface area contributed by atoms with Crippen LogP contribution in [-0.4, -0.2) is 35.8 Å². The largest absolute Gasteiger partial charge is 0.495 e. The maximum Gasteiger partial charge on any atom is 0.311 e. The third kappa shape index (κ3) is 4.73. The van der Waals surface area contributed by atoms with Crippen molar-refractivity contribution in [2.24, 2.45) is 0 Å². The van der Waals surface area contributed by atoms with Crippen molar-refractivity contribution < 1.29 is 23.5 Å². The van der Waals surface area contributed by atoms with Gasteiger partial charge in [-0.3, -0.25) is 9.59 Å². The Morgan fingerprint density at radius 3 is 2.81 bits per heavy atom. The lowest BCUT2D eigenvalue weighted by Gasteiger charge is -2.13. The summed E-state index contributed by atoms with van der Waals surface area (Å²) in [6, 6.07) is 11.4. The predicted octanol–water partition coefficient (Wildman–Crippen LogP) is 5.28. The molecule has 1 atom stereocenters. The Kier molecular flexibility index (Phi) is 6.66. The van der Waals surface area contributed by atoms with Crippen molar-refractivity contribution in [3.05, 3.63) is 47.5 Å². The summed E-state index contributed by atoms with van der Waals surface area (Å²) in [5.74, 6) is 0.0553. The van der Waals surface area contributed by atoms with Crippen LogP contribution >= 0.6 is 23.1 Å². The molecule has 0 aliphatic rings. The van der Waals surface area contributed by atoms with Crippen molar-refractivity contribution in [1.29, 1.82) is 0 Å². The number of carbonyl (C=O) groups excluding carboxylic acids is 2. The minimum atomic E-state index is -0.410. The van der Waals surface area contributed by atoms with Crippen LogP contribution in [0.2, 0.25) is 0 Å². The number of ether oxygens (including phenoxy) is 2. The fourth-order valence-electron chi connectivity index (χ4n) is 3.24. The summed E-state index contributed by atoms with van der Waals surface area (Å²) in [7, 11) is 1.57. The van der Waals surface area contributed by atoms with Crippen LogP contribution in [0.3, 0.4) is 0 Å². The number of thiazole rings is 1. The standard InChI is InChI=1S/C23H22N2O5S2/c1-4-29-21(26)9-14-12-31-23(24-14)32-13(2)22(27)25-17-11-19-16(10-20(17)28-3)15-7-5-6-8-18(15)30-19/h5-8,10-13H,4,9H2,1-3H3,(H,25,27). The van der Waals surface area contributed by atoms with E-state index < -0.39 is 5.25 Å². The second-order valence-electron chi connectivity index (χ2n) is 6.98. The zero-order valence-electron chi connectivity index (χ0n) is 17.8. The highest BCUT2D eigenvalue weighted by Gasteiger charge is 2.20. The van der Waals surface area contributed by atoms with Crippen molar-refractivity contribution in [3.63, 3.8) is 0 Å². The molecule has 1 unspecified atom stereocenters. The van der Waals surface area contributed by atoms with E-state index in [1.807, 2.05) is 35.7 Å². The maximum atomic E-state index is 12.8. The van der Waals surface area contributed by atoms with Gasteiger partial charge in [-0.05, 0) is 26.0 Å². The van der Waals surface area contributed by atoms with E-state index >= 15 is 0 Å². The average Bonchev–Trinajstić information content (AvgIpc) is 3.36. The van der Waals surface area contributed by atoms with Gasteiger partial charge in [0, 0.05) is 22.2 Å². The van der Waals surface area contributed by atoms with Crippen LogP contribution in [0.15, 0.2) is 50.5 Å². The highest BCUT2D eigenvalue weighted by atomic mass is 32.2. The third-order valence-electron chi connectivity index (χ3n) is 4.76. The summed E-state index contributed by atoms with van der Waals surface area (Å²) in [5, 5.41) is 6.25. The summed E-state index contributed by atoms with van der Waals surface area (Å²) < 4.78 is 17.1. The number of anilines is 1. The number of para-hydroxylation sites is 1. The molecule has 32 heavy (non-hydrogen) atoms. The summed E-state index contributed by atoms with van der Waals surface area (Å²) in [6.07, 6.45) is 0.125. The van der Waals surface area contributed by atoms with E-state index in [-0.39, 0.29) is 18.3 Å². The minimum Gasteiger partial charge on any atom is -0.495 e. The summed E-state index contributed by atoms with van der Waals surface area (Å²) in [4.78, 5) is 28.9. The topological polar surface area (TPSA) is 90.7 Å². The van der Waals surface area contributed by atoms with Gasteiger partial charge in [0.15, 0.2) is 4.34 Å². The second kappa shape index (κ2) is 9.62. The fourth-order valence-corrected chi connectivity index (χ4v) is 5.22. The van der Waals surface area contributed by atoms with Crippen molar-refractivity contribution in [2.75, 3.05) is 19.0 Å². The van der Waals surface area contributed by atoms with E-state index in [0.29, 0.717) is 33.7 Å². The van der Waals surface area contributed by atoms with Gasteiger partial charge in [-0.1, -0.05) is 30.0 Å². The number of benzene rings is 2. The van der Waals surface area contributed by atoms with Gasteiger partial charge in [0.2, 0.25) is 5.91 Å². The number of fused-ring (bicyclic) bond motifs is 3. The number of nitrogens with one attached hydrogen (secondary N) is 1. The molecule has 2 heterocycles. The Balaban J connectivity index is 1.47. The molecule has 0 aliphatic heterocycles. The van der Waals surface area contributed by atoms with Crippen LogP contribution in [-0.2, 0) is 20.7 Å². The number of furan rings is 1. The molecule has 0 radical (unpaired) electrons. The van der Waals surface area contributed by atoms with Crippen molar-refractivity contribution in [1.82, 2.24) is 4.98 Å². The first-order chi connectivity index (χ1) is 15.5. The molecular weight excluding hydrogens is 448 g/mol. The number of carbonyl (C=O) groups is 2. The first-order valence-electron chi connectivity index (χ1n) is 10.0. The summed E-state index contributed by atoms with van der Waals surface area (Å²) >= 11 is 2.73. The Morgan fingerprint density at radius 2 is 2.03 bits per heavy atom. The van der Waals surface area contributed by atoms with Crippen LogP contribution in [0.25, 0.3) is 21.9 Å². The lowest BCUT2D eigenvalue weighted by atomic mass is 10.1. The number of esters is 1. The SMILES string of the molecule is CCOC(=O)Cc1csc(SC(C)C(=O)Nc2cc3oc4ccccc4c3cc2OC)n1. The average molecular weight is 471 g/mol. The number of hydrogen-bond donors (Lipinski definition) is 1. The van der Waals surface area contributed by atoms with E-state index in [4.69, 9.17) is 13.9 Å². The van der Waals surface area contributed by atoms with E-state index in [9.17, 15) is 9.59 Å². The van der Waals surface area contributed by atoms with Gasteiger partial charge in [-0.2, -0.15) is 0 Å². The fraction of sp³-hybridized carbons (Fsp3) is 0.261. The van der Waals surface area contributed by atoms with Crippen molar-refractivity contribution in [3.8, 4) is 5.75 Å². The number of nitrogens with zero attached hydrogens (tertiary/aromatic N) is 1. The summed E-state index contributed by atoms with van der Waals surface area (Å²) in [5.41, 5.74) is 2.63. The lowest BCUT2D eigenvalue weighted by molar-refractivity contribution is -0.142. The van der Waals surface area contributed by atoms with Crippen molar-refractivity contribution >= 4 is 62.6 Å². The van der Waals surface area contributed by atoms with Gasteiger partial charge in [0.25, 0.3) is 0 Å². The van der Waals surface area contributed by atoms with Crippen LogP contribution < -0.4 is 10.1 Å². The first kappa shape index (κ1) is 22.2. The predicted molar refractivity (Wildman–Crippen MR) is 127 cm³/mol. The molecule has 1 amide bonds. The smallest absolute Gasteiger partial charge is 0.311 e. The molecule has 4 aromatic rings. The lowest BCUT2D eigenvalue weighted by Crippen LogP contribution is -2.22. The molecule has 7 nitrogen and oxygen atoms in total. The molecule has 2 aromatic heterocycles. The molecule has 4 rings (SSSR count). The monoisotopic (exact) mass is 470 g/mol. The molecule has 0 spiro atoms. The number of rotatable bonds is 8. The first-order valence-corrected chi connectivity index (χ1v) is 11.8. The molecule has 0 saturated carbocycles. The molecule has 0 aliphatic carbocycles. The minimum absolute atomic E-state index is 0.125. The highest BCUT2D eigenvalue weighted by Crippen LogP contribution is 2.37. The molecule has 2 aromatic carbocycles. The Labute approximate surface area is 193 Å². The van der Waals surface area contributed by atoms with Gasteiger partial charge in [-0.25, -0.2) is 4.98 Å². The molecule has 0 bridgehead atoms. The van der Waals surface area contributed by atoms with E-state index in [1.165, 1.54) is 23.1 Å². The molecular formula is C23H22N2O5S2. The van der Waals surface area contributed by atoms with Gasteiger partial charge >= 0.3 is 5.97 Å². The highest BCUT2D eigenvalue weighted by molar-refractivity contribution is 8.02. The zero-order chi connectivity index (χ0) is 22.7. The van der Waals surface area contributed by atoms with Gasteiger partial charge < -0.3 is 19.2 Å². The van der Waals surface area contributed by atoms with Crippen molar-refractivity contribution in [2.45, 2.75) is 29.9 Å². The molecule has 0 fully saturated rings. The van der Waals surface area contributed by atoms with E-state index in [1.54, 1.807) is 27.0 Å². The second-order valence-corrected chi connectivity index (χ2v) is 9.43. The van der Waals surface area contributed by atoms with Crippen LogP contribution in [0.1, 0.15) is 19.5 Å². The Hall–Kier alpha value is -3.04. The zero-order valence-corrected chi connectivity index (χ0v) is 19.5. The van der Waals surface area contributed by atoms with E-state index in [2.05, 4.69) is 10.3 Å². The quantitative estimate of drug-likeness (QED) is 0.277. The summed E-state index contributed by atoms with van der Waals surface area (Å²) in [6.45, 7) is 3.91. The van der Waals surface area contributed by atoms with Crippen LogP contribution in [0.5, 0.6) is 5.75 Å². The van der Waals surface area contributed by atoms with Crippen LogP contribution in [0.4, 0.5) is 5.69 Å². The molecule has 166 valence electrons. The van der Waals surface area contributed by atoms with Gasteiger partial charge in [0.05, 0.1) is 36.8 Å². The van der Waals surface area contributed by atoms with Gasteiger partial charge in [0.1, 0.15) is 16.9 Å². The maximum absolute atomic E-state index is 12.8. The Bertz CT molecular complexity index is 1280. The van der Waals surface area contributed by atoms with Gasteiger partial charge in [-0.15, -0.1) is 11.3 Å². The number of amides is 1. The number of aromatic nitrogens is 1.